The zero-order valence-corrected chi connectivity index (χ0v) is 14.7. The van der Waals surface area contributed by atoms with Crippen molar-refractivity contribution >= 4 is 35.3 Å². The summed E-state index contributed by atoms with van der Waals surface area (Å²) in [7, 11) is 0. The summed E-state index contributed by atoms with van der Waals surface area (Å²) >= 11 is 0. The number of hydrogen-bond donors (Lipinski definition) is 4. The van der Waals surface area contributed by atoms with Crippen LogP contribution in [0.5, 0.6) is 0 Å². The first-order valence-corrected chi connectivity index (χ1v) is 9.12. The fraction of sp³-hybridized carbons (Fsp3) is 0.412. The van der Waals surface area contributed by atoms with Crippen molar-refractivity contribution in [1.29, 1.82) is 0 Å². The Morgan fingerprint density at radius 1 is 1.19 bits per heavy atom. The number of aromatic nitrogens is 3. The largest absolute Gasteiger partial charge is 0.367 e. The maximum absolute atomic E-state index is 11.8. The molecule has 4 heterocycles. The number of nitrogens with zero attached hydrogens (tertiary/aromatic N) is 4. The van der Waals surface area contributed by atoms with Gasteiger partial charge >= 0.3 is 6.03 Å². The van der Waals surface area contributed by atoms with E-state index in [1.54, 1.807) is 16.8 Å². The van der Waals surface area contributed by atoms with Crippen molar-refractivity contribution in [1.82, 2.24) is 30.5 Å². The lowest BCUT2D eigenvalue weighted by molar-refractivity contribution is -0.115. The zero-order valence-electron chi connectivity index (χ0n) is 14.7. The molecule has 0 aromatic carbocycles. The molecule has 2 aromatic rings. The smallest absolute Gasteiger partial charge is 0.326 e. The summed E-state index contributed by atoms with van der Waals surface area (Å²) in [4.78, 5) is 30.2. The molecule has 140 valence electrons. The van der Waals surface area contributed by atoms with E-state index in [2.05, 4.69) is 31.3 Å². The van der Waals surface area contributed by atoms with Crippen molar-refractivity contribution in [3.05, 3.63) is 23.5 Å². The number of nitrogens with one attached hydrogen (secondary N) is 4. The minimum Gasteiger partial charge on any atom is -0.367 e. The Hall–Kier alpha value is -3.14. The van der Waals surface area contributed by atoms with Gasteiger partial charge in [0, 0.05) is 43.9 Å². The van der Waals surface area contributed by atoms with E-state index in [0.29, 0.717) is 17.3 Å². The molecule has 2 aliphatic heterocycles. The second kappa shape index (κ2) is 6.23. The Balaban J connectivity index is 1.58. The van der Waals surface area contributed by atoms with E-state index in [1.807, 2.05) is 6.07 Å². The van der Waals surface area contributed by atoms with Crippen LogP contribution in [-0.2, 0) is 4.79 Å². The molecule has 0 spiro atoms. The minimum absolute atomic E-state index is 0.195. The van der Waals surface area contributed by atoms with E-state index < -0.39 is 11.9 Å². The Labute approximate surface area is 155 Å². The summed E-state index contributed by atoms with van der Waals surface area (Å²) in [6, 6.07) is 1.98. The molecular formula is C17H20N8O2. The summed E-state index contributed by atoms with van der Waals surface area (Å²) in [6.45, 7) is 3.60. The number of imide groups is 1. The highest BCUT2D eigenvalue weighted by Crippen LogP contribution is 2.28. The molecule has 0 bridgehead atoms. The Morgan fingerprint density at radius 3 is 2.70 bits per heavy atom. The van der Waals surface area contributed by atoms with E-state index in [1.165, 1.54) is 0 Å². The lowest BCUT2D eigenvalue weighted by Crippen LogP contribution is -2.44. The molecule has 2 aromatic heterocycles. The first-order valence-electron chi connectivity index (χ1n) is 9.12. The predicted molar refractivity (Wildman–Crippen MR) is 99.4 cm³/mol. The SMILES string of the molecule is O=C1NC(=O)/C(=C\c2cnn3c(NC4CC4)cc(N4CCNCC4)nc23)N1. The van der Waals surface area contributed by atoms with E-state index in [0.717, 1.165) is 50.7 Å². The molecule has 10 heteroatoms. The van der Waals surface area contributed by atoms with Crippen molar-refractivity contribution in [2.45, 2.75) is 18.9 Å². The molecule has 10 nitrogen and oxygen atoms in total. The van der Waals surface area contributed by atoms with Gasteiger partial charge in [-0.05, 0) is 18.9 Å². The Bertz CT molecular complexity index is 955. The summed E-state index contributed by atoms with van der Waals surface area (Å²) < 4.78 is 1.76. The second-order valence-corrected chi connectivity index (χ2v) is 6.96. The van der Waals surface area contributed by atoms with Gasteiger partial charge in [0.05, 0.1) is 6.20 Å². The van der Waals surface area contributed by atoms with Gasteiger partial charge < -0.3 is 20.9 Å². The lowest BCUT2D eigenvalue weighted by Gasteiger charge is -2.28. The molecule has 3 fully saturated rings. The molecule has 0 atom stereocenters. The van der Waals surface area contributed by atoms with Crippen LogP contribution in [0, 0.1) is 0 Å². The van der Waals surface area contributed by atoms with Gasteiger partial charge in [-0.3, -0.25) is 10.1 Å². The molecule has 5 rings (SSSR count). The zero-order chi connectivity index (χ0) is 18.4. The number of fused-ring (bicyclic) bond motifs is 1. The molecule has 27 heavy (non-hydrogen) atoms. The van der Waals surface area contributed by atoms with Gasteiger partial charge in [0.25, 0.3) is 5.91 Å². The van der Waals surface area contributed by atoms with E-state index in [9.17, 15) is 9.59 Å². The number of rotatable bonds is 4. The molecule has 1 saturated carbocycles. The van der Waals surface area contributed by atoms with Crippen molar-refractivity contribution in [3.8, 4) is 0 Å². The van der Waals surface area contributed by atoms with Crippen LogP contribution in [0.25, 0.3) is 11.7 Å². The molecule has 0 unspecified atom stereocenters. The minimum atomic E-state index is -0.520. The van der Waals surface area contributed by atoms with Crippen molar-refractivity contribution in [3.63, 3.8) is 0 Å². The molecule has 3 amide bonds. The fourth-order valence-corrected chi connectivity index (χ4v) is 3.30. The van der Waals surface area contributed by atoms with Crippen molar-refractivity contribution in [2.75, 3.05) is 36.4 Å². The van der Waals surface area contributed by atoms with Crippen LogP contribution in [0.1, 0.15) is 18.4 Å². The number of amides is 3. The molecule has 2 saturated heterocycles. The second-order valence-electron chi connectivity index (χ2n) is 6.96. The van der Waals surface area contributed by atoms with Crippen LogP contribution in [0.2, 0.25) is 0 Å². The number of piperazine rings is 1. The van der Waals surface area contributed by atoms with Crippen molar-refractivity contribution in [2.24, 2.45) is 0 Å². The Morgan fingerprint density at radius 2 is 2.00 bits per heavy atom. The third kappa shape index (κ3) is 3.08. The number of anilines is 2. The number of carbonyl (C=O) groups is 2. The highest BCUT2D eigenvalue weighted by atomic mass is 16.2. The molecule has 4 N–H and O–H groups in total. The third-order valence-corrected chi connectivity index (χ3v) is 4.88. The average Bonchev–Trinajstić information content (AvgIpc) is 3.31. The van der Waals surface area contributed by atoms with Crippen LogP contribution < -0.4 is 26.2 Å². The van der Waals surface area contributed by atoms with E-state index in [-0.39, 0.29) is 5.70 Å². The highest BCUT2D eigenvalue weighted by Gasteiger charge is 2.26. The monoisotopic (exact) mass is 368 g/mol. The van der Waals surface area contributed by atoms with Gasteiger partial charge in [-0.1, -0.05) is 0 Å². The van der Waals surface area contributed by atoms with Gasteiger partial charge in [0.2, 0.25) is 0 Å². The predicted octanol–water partition coefficient (Wildman–Crippen LogP) is -0.106. The summed E-state index contributed by atoms with van der Waals surface area (Å²) in [5, 5.41) is 16.0. The van der Waals surface area contributed by atoms with Crippen LogP contribution in [-0.4, -0.2) is 58.8 Å². The van der Waals surface area contributed by atoms with Gasteiger partial charge in [-0.25, -0.2) is 9.78 Å². The summed E-state index contributed by atoms with van der Waals surface area (Å²) in [5.41, 5.74) is 1.52. The first kappa shape index (κ1) is 16.1. The van der Waals surface area contributed by atoms with Gasteiger partial charge in [-0.2, -0.15) is 9.61 Å². The van der Waals surface area contributed by atoms with Crippen LogP contribution in [0.3, 0.4) is 0 Å². The van der Waals surface area contributed by atoms with Crippen LogP contribution >= 0.6 is 0 Å². The molecule has 3 aliphatic rings. The van der Waals surface area contributed by atoms with Crippen LogP contribution in [0.15, 0.2) is 18.0 Å². The lowest BCUT2D eigenvalue weighted by atomic mass is 10.2. The molecular weight excluding hydrogens is 348 g/mol. The average molecular weight is 368 g/mol. The fourth-order valence-electron chi connectivity index (χ4n) is 3.30. The van der Waals surface area contributed by atoms with Crippen molar-refractivity contribution < 1.29 is 9.59 Å². The van der Waals surface area contributed by atoms with E-state index >= 15 is 0 Å². The number of hydrogen-bond acceptors (Lipinski definition) is 7. The van der Waals surface area contributed by atoms with Gasteiger partial charge in [-0.15, -0.1) is 0 Å². The standard InChI is InChI=1S/C17H20N8O2/c26-16-12(21-17(27)23-16)7-10-9-19-25-14(20-11-1-2-11)8-13(22-15(10)25)24-5-3-18-4-6-24/h7-9,11,18,20H,1-6H2,(H2,21,23,26,27)/b12-7+. The van der Waals surface area contributed by atoms with Gasteiger partial charge in [0.1, 0.15) is 17.3 Å². The first-order chi connectivity index (χ1) is 13.2. The summed E-state index contributed by atoms with van der Waals surface area (Å²) in [5.74, 6) is 1.32. The molecule has 0 radical (unpaired) electrons. The maximum atomic E-state index is 11.8. The Kier molecular flexibility index (Phi) is 3.71. The highest BCUT2D eigenvalue weighted by molar-refractivity contribution is 6.14. The van der Waals surface area contributed by atoms with Gasteiger partial charge in [0.15, 0.2) is 5.65 Å². The van der Waals surface area contributed by atoms with Crippen LogP contribution in [0.4, 0.5) is 16.4 Å². The van der Waals surface area contributed by atoms with E-state index in [4.69, 9.17) is 4.98 Å². The quantitative estimate of drug-likeness (QED) is 0.440. The normalized spacial score (nSPS) is 21.6. The summed E-state index contributed by atoms with van der Waals surface area (Å²) in [6.07, 6.45) is 5.57. The maximum Gasteiger partial charge on any atom is 0.326 e. The third-order valence-electron chi connectivity index (χ3n) is 4.88. The number of urea groups is 1. The molecule has 1 aliphatic carbocycles. The topological polar surface area (TPSA) is 116 Å². The number of carbonyl (C=O) groups excluding carboxylic acids is 2.